The molecule has 1 aliphatic rings. The van der Waals surface area contributed by atoms with Crippen molar-refractivity contribution in [2.24, 2.45) is 0 Å². The van der Waals surface area contributed by atoms with Gasteiger partial charge < -0.3 is 15.1 Å². The minimum atomic E-state index is -1.46. The zero-order chi connectivity index (χ0) is 16.4. The Hall–Kier alpha value is -2.83. The first-order valence-electron chi connectivity index (χ1n) is 7.48. The third kappa shape index (κ3) is 2.90. The minimum absolute atomic E-state index is 0.632. The maximum absolute atomic E-state index is 11.7. The molecular formula is C16H17N3O4. The number of hydrogen-bond acceptors (Lipinski definition) is 5. The lowest BCUT2D eigenvalue weighted by Gasteiger charge is -2.30. The Bertz CT molecular complexity index is 794. The summed E-state index contributed by atoms with van der Waals surface area (Å²) in [6.07, 6.45) is 4.53. The van der Waals surface area contributed by atoms with Gasteiger partial charge in [0.1, 0.15) is 0 Å². The molecule has 1 saturated heterocycles. The lowest BCUT2D eigenvalue weighted by atomic mass is 10.1. The van der Waals surface area contributed by atoms with Gasteiger partial charge in [-0.05, 0) is 31.4 Å². The fourth-order valence-corrected chi connectivity index (χ4v) is 2.80. The SMILES string of the molecule is O=C(O)c1nn(-c2ccccc2N2CCCCC2)cc(O)c1=O. The maximum atomic E-state index is 11.7. The van der Waals surface area contributed by atoms with E-state index in [0.29, 0.717) is 5.69 Å². The van der Waals surface area contributed by atoms with Crippen LogP contribution >= 0.6 is 0 Å². The van der Waals surface area contributed by atoms with Gasteiger partial charge in [0.25, 0.3) is 5.43 Å². The predicted octanol–water partition coefficient (Wildman–Crippen LogP) is 1.63. The highest BCUT2D eigenvalue weighted by Crippen LogP contribution is 2.27. The van der Waals surface area contributed by atoms with Crippen LogP contribution in [0.15, 0.2) is 35.3 Å². The van der Waals surface area contributed by atoms with Crippen LogP contribution in [0.4, 0.5) is 5.69 Å². The first kappa shape index (κ1) is 15.1. The summed E-state index contributed by atoms with van der Waals surface area (Å²) in [5, 5.41) is 22.7. The third-order valence-electron chi connectivity index (χ3n) is 3.93. The van der Waals surface area contributed by atoms with Crippen LogP contribution in [0.3, 0.4) is 0 Å². The van der Waals surface area contributed by atoms with Crippen molar-refractivity contribution in [2.45, 2.75) is 19.3 Å². The molecule has 1 aromatic carbocycles. The molecule has 2 heterocycles. The quantitative estimate of drug-likeness (QED) is 0.893. The van der Waals surface area contributed by atoms with E-state index in [1.807, 2.05) is 12.1 Å². The molecule has 0 spiro atoms. The Balaban J connectivity index is 2.12. The summed E-state index contributed by atoms with van der Waals surface area (Å²) in [5.74, 6) is -2.10. The van der Waals surface area contributed by atoms with E-state index < -0.39 is 22.8 Å². The number of carboxylic acids is 1. The van der Waals surface area contributed by atoms with Crippen LogP contribution in [0.1, 0.15) is 29.8 Å². The topological polar surface area (TPSA) is 95.7 Å². The number of aromatic carboxylic acids is 1. The number of piperidine rings is 1. The highest BCUT2D eigenvalue weighted by molar-refractivity contribution is 5.85. The van der Waals surface area contributed by atoms with E-state index in [4.69, 9.17) is 5.11 Å². The van der Waals surface area contributed by atoms with Gasteiger partial charge in [0.05, 0.1) is 17.6 Å². The molecule has 23 heavy (non-hydrogen) atoms. The number of aromatic hydroxyl groups is 1. The molecule has 0 saturated carbocycles. The monoisotopic (exact) mass is 315 g/mol. The Morgan fingerprint density at radius 3 is 2.39 bits per heavy atom. The van der Waals surface area contributed by atoms with Crippen molar-refractivity contribution in [3.8, 4) is 11.4 Å². The second-order valence-corrected chi connectivity index (χ2v) is 5.48. The summed E-state index contributed by atoms with van der Waals surface area (Å²) in [4.78, 5) is 25.0. The molecule has 2 aromatic rings. The number of carbonyl (C=O) groups is 1. The summed E-state index contributed by atoms with van der Waals surface area (Å²) in [5.41, 5.74) is -0.145. The van der Waals surface area contributed by atoms with Crippen molar-refractivity contribution in [1.82, 2.24) is 9.78 Å². The average Bonchev–Trinajstić information content (AvgIpc) is 2.57. The van der Waals surface area contributed by atoms with E-state index in [2.05, 4.69) is 10.00 Å². The fraction of sp³-hybridized carbons (Fsp3) is 0.312. The first-order chi connectivity index (χ1) is 11.1. The third-order valence-corrected chi connectivity index (χ3v) is 3.93. The van der Waals surface area contributed by atoms with E-state index in [9.17, 15) is 14.7 Å². The number of aromatic nitrogens is 2. The number of rotatable bonds is 3. The van der Waals surface area contributed by atoms with Crippen molar-refractivity contribution in [3.63, 3.8) is 0 Å². The minimum Gasteiger partial charge on any atom is -0.503 e. The van der Waals surface area contributed by atoms with Crippen molar-refractivity contribution in [1.29, 1.82) is 0 Å². The van der Waals surface area contributed by atoms with Crippen LogP contribution in [0, 0.1) is 0 Å². The smallest absolute Gasteiger partial charge is 0.360 e. The second kappa shape index (κ2) is 6.12. The molecule has 0 atom stereocenters. The molecule has 0 unspecified atom stereocenters. The Morgan fingerprint density at radius 1 is 1.09 bits per heavy atom. The van der Waals surface area contributed by atoms with Crippen molar-refractivity contribution in [3.05, 3.63) is 46.4 Å². The highest BCUT2D eigenvalue weighted by atomic mass is 16.4. The van der Waals surface area contributed by atoms with E-state index >= 15 is 0 Å². The van der Waals surface area contributed by atoms with E-state index in [0.717, 1.165) is 37.8 Å². The van der Waals surface area contributed by atoms with Gasteiger partial charge >= 0.3 is 5.97 Å². The van der Waals surface area contributed by atoms with Crippen LogP contribution in [0.5, 0.6) is 5.75 Å². The number of para-hydroxylation sites is 2. The number of nitrogens with zero attached hydrogens (tertiary/aromatic N) is 3. The Kier molecular flexibility index (Phi) is 4.01. The van der Waals surface area contributed by atoms with Crippen molar-refractivity contribution in [2.75, 3.05) is 18.0 Å². The summed E-state index contributed by atoms with van der Waals surface area (Å²) in [6.45, 7) is 1.82. The Morgan fingerprint density at radius 2 is 1.74 bits per heavy atom. The molecule has 1 aliphatic heterocycles. The molecule has 0 radical (unpaired) electrons. The first-order valence-corrected chi connectivity index (χ1v) is 7.48. The van der Waals surface area contributed by atoms with Gasteiger partial charge in [-0.1, -0.05) is 12.1 Å². The maximum Gasteiger partial charge on any atom is 0.360 e. The van der Waals surface area contributed by atoms with E-state index in [1.165, 1.54) is 11.1 Å². The summed E-state index contributed by atoms with van der Waals surface area (Å²) in [7, 11) is 0. The summed E-state index contributed by atoms with van der Waals surface area (Å²) >= 11 is 0. The van der Waals surface area contributed by atoms with Gasteiger partial charge in [-0.2, -0.15) is 5.10 Å². The number of benzene rings is 1. The van der Waals surface area contributed by atoms with Crippen LogP contribution in [0.2, 0.25) is 0 Å². The molecule has 0 bridgehead atoms. The molecule has 0 aliphatic carbocycles. The van der Waals surface area contributed by atoms with Gasteiger partial charge in [0, 0.05) is 13.1 Å². The molecule has 0 amide bonds. The predicted molar refractivity (Wildman–Crippen MR) is 84.5 cm³/mol. The molecule has 2 N–H and O–H groups in total. The second-order valence-electron chi connectivity index (χ2n) is 5.48. The number of anilines is 1. The lowest BCUT2D eigenvalue weighted by Crippen LogP contribution is -2.30. The molecule has 120 valence electrons. The molecule has 7 nitrogen and oxygen atoms in total. The zero-order valence-electron chi connectivity index (χ0n) is 12.5. The van der Waals surface area contributed by atoms with Crippen molar-refractivity contribution < 1.29 is 15.0 Å². The van der Waals surface area contributed by atoms with Gasteiger partial charge in [-0.3, -0.25) is 4.79 Å². The fourth-order valence-electron chi connectivity index (χ4n) is 2.80. The highest BCUT2D eigenvalue weighted by Gasteiger charge is 2.19. The zero-order valence-corrected chi connectivity index (χ0v) is 12.5. The Labute approximate surface area is 132 Å². The largest absolute Gasteiger partial charge is 0.503 e. The van der Waals surface area contributed by atoms with Gasteiger partial charge in [-0.25, -0.2) is 9.48 Å². The van der Waals surface area contributed by atoms with Crippen LogP contribution in [0.25, 0.3) is 5.69 Å². The van der Waals surface area contributed by atoms with Crippen LogP contribution < -0.4 is 10.3 Å². The molecule has 3 rings (SSSR count). The molecule has 1 fully saturated rings. The lowest BCUT2D eigenvalue weighted by molar-refractivity contribution is 0.0686. The van der Waals surface area contributed by atoms with E-state index in [-0.39, 0.29) is 0 Å². The van der Waals surface area contributed by atoms with Crippen LogP contribution in [-0.2, 0) is 0 Å². The standard InChI is InChI=1S/C16H17N3O4/c20-13-10-19(17-14(15(13)21)16(22)23)12-7-3-2-6-11(12)18-8-4-1-5-9-18/h2-3,6-7,10,20H,1,4-5,8-9H2,(H,22,23). The van der Waals surface area contributed by atoms with Gasteiger partial charge in [0.15, 0.2) is 5.75 Å². The molecule has 7 heteroatoms. The molecular weight excluding hydrogens is 298 g/mol. The molecule has 1 aromatic heterocycles. The van der Waals surface area contributed by atoms with Crippen molar-refractivity contribution >= 4 is 11.7 Å². The summed E-state index contributed by atoms with van der Waals surface area (Å²) in [6, 6.07) is 7.42. The van der Waals surface area contributed by atoms with Gasteiger partial charge in [-0.15, -0.1) is 0 Å². The number of hydrogen-bond donors (Lipinski definition) is 2. The average molecular weight is 315 g/mol. The van der Waals surface area contributed by atoms with Crippen LogP contribution in [-0.4, -0.2) is 39.1 Å². The normalized spacial score (nSPS) is 14.7. The van der Waals surface area contributed by atoms with E-state index in [1.54, 1.807) is 12.1 Å². The number of carboxylic acid groups (broad SMARTS) is 1. The summed E-state index contributed by atoms with van der Waals surface area (Å²) < 4.78 is 1.25. The van der Waals surface area contributed by atoms with Gasteiger partial charge in [0.2, 0.25) is 5.69 Å².